The van der Waals surface area contributed by atoms with E-state index in [1.807, 2.05) is 6.92 Å². The molecule has 0 spiro atoms. The molecule has 0 amide bonds. The van der Waals surface area contributed by atoms with E-state index >= 15 is 0 Å². The molecule has 1 atom stereocenters. The number of terminal acetylenes is 1. The van der Waals surface area contributed by atoms with Crippen molar-refractivity contribution in [2.24, 2.45) is 0 Å². The smallest absolute Gasteiger partial charge is 0.143 e. The fraction of sp³-hybridized carbons (Fsp3) is 0.273. The van der Waals surface area contributed by atoms with Gasteiger partial charge in [-0.3, -0.25) is 0 Å². The van der Waals surface area contributed by atoms with Gasteiger partial charge in [-0.1, -0.05) is 24.4 Å². The highest BCUT2D eigenvalue weighted by atomic mass is 35.5. The molecule has 0 radical (unpaired) electrons. The molecule has 0 saturated carbocycles. The van der Waals surface area contributed by atoms with Gasteiger partial charge in [0, 0.05) is 5.69 Å². The quantitative estimate of drug-likeness (QED) is 0.757. The van der Waals surface area contributed by atoms with Crippen LogP contribution in [0.15, 0.2) is 18.2 Å². The average Bonchev–Trinajstić information content (AvgIpc) is 2.19. The van der Waals surface area contributed by atoms with Crippen LogP contribution in [0.1, 0.15) is 13.3 Å². The zero-order chi connectivity index (χ0) is 10.6. The fourth-order valence-electron chi connectivity index (χ4n) is 1.05. The molecule has 0 saturated heterocycles. The van der Waals surface area contributed by atoms with Crippen LogP contribution < -0.4 is 5.32 Å². The Morgan fingerprint density at radius 1 is 1.64 bits per heavy atom. The third-order valence-corrected chi connectivity index (χ3v) is 2.18. The molecule has 0 fully saturated rings. The summed E-state index contributed by atoms with van der Waals surface area (Å²) in [6.45, 7) is 1.96. The van der Waals surface area contributed by atoms with Crippen LogP contribution in [0.2, 0.25) is 5.02 Å². The lowest BCUT2D eigenvalue weighted by molar-refractivity contribution is 0.628. The number of benzene rings is 1. The Morgan fingerprint density at radius 2 is 2.36 bits per heavy atom. The van der Waals surface area contributed by atoms with Crippen LogP contribution in [0.3, 0.4) is 0 Å². The second-order valence-corrected chi connectivity index (χ2v) is 3.31. The topological polar surface area (TPSA) is 12.0 Å². The molecule has 1 aromatic rings. The van der Waals surface area contributed by atoms with E-state index in [0.29, 0.717) is 5.69 Å². The van der Waals surface area contributed by atoms with E-state index < -0.39 is 5.82 Å². The minimum Gasteiger partial charge on any atom is -0.371 e. The van der Waals surface area contributed by atoms with Crippen LogP contribution in [0.5, 0.6) is 0 Å². The van der Waals surface area contributed by atoms with Crippen LogP contribution in [0, 0.1) is 18.2 Å². The predicted octanol–water partition coefficient (Wildman–Crippen LogP) is 3.30. The average molecular weight is 212 g/mol. The maximum Gasteiger partial charge on any atom is 0.143 e. The van der Waals surface area contributed by atoms with Crippen molar-refractivity contribution in [3.63, 3.8) is 0 Å². The zero-order valence-corrected chi connectivity index (χ0v) is 8.61. The molecule has 1 aromatic carbocycles. The molecule has 3 heteroatoms. The first-order chi connectivity index (χ1) is 6.67. The van der Waals surface area contributed by atoms with Gasteiger partial charge in [0.1, 0.15) is 5.82 Å². The summed E-state index contributed by atoms with van der Waals surface area (Å²) in [7, 11) is 0. The van der Waals surface area contributed by atoms with Gasteiger partial charge in [-0.05, 0) is 24.6 Å². The second-order valence-electron chi connectivity index (χ2n) is 2.90. The largest absolute Gasteiger partial charge is 0.371 e. The number of halogens is 2. The Labute approximate surface area is 88.3 Å². The summed E-state index contributed by atoms with van der Waals surface area (Å²) >= 11 is 5.54. The summed E-state index contributed by atoms with van der Waals surface area (Å²) in [6, 6.07) is 4.46. The minimum absolute atomic E-state index is 0.0735. The summed E-state index contributed by atoms with van der Waals surface area (Å²) in [4.78, 5) is 0. The van der Waals surface area contributed by atoms with Crippen molar-refractivity contribution in [3.8, 4) is 12.3 Å². The van der Waals surface area contributed by atoms with Crippen molar-refractivity contribution in [2.75, 3.05) is 5.32 Å². The second kappa shape index (κ2) is 4.88. The number of nitrogens with one attached hydrogen (secondary N) is 1. The Kier molecular flexibility index (Phi) is 3.79. The van der Waals surface area contributed by atoms with E-state index in [-0.39, 0.29) is 11.1 Å². The highest BCUT2D eigenvalue weighted by Crippen LogP contribution is 2.19. The molecule has 0 aliphatic rings. The third kappa shape index (κ3) is 2.65. The van der Waals surface area contributed by atoms with E-state index in [4.69, 9.17) is 18.0 Å². The molecule has 0 aliphatic carbocycles. The van der Waals surface area contributed by atoms with Crippen LogP contribution >= 0.6 is 11.6 Å². The molecule has 0 bridgehead atoms. The monoisotopic (exact) mass is 211 g/mol. The molecular formula is C11H11ClFN. The van der Waals surface area contributed by atoms with Crippen LogP contribution in [-0.4, -0.2) is 6.04 Å². The molecule has 1 unspecified atom stereocenters. The number of hydrogen-bond acceptors (Lipinski definition) is 1. The SMILES string of the molecule is C#CC(CC)Nc1ccc(Cl)c(F)c1. The molecule has 1 rings (SSSR count). The standard InChI is InChI=1S/C11H11ClFN/c1-3-8(4-2)14-9-5-6-10(12)11(13)7-9/h1,5-8,14H,4H2,2H3. The third-order valence-electron chi connectivity index (χ3n) is 1.87. The Balaban J connectivity index is 2.78. The first-order valence-electron chi connectivity index (χ1n) is 4.35. The van der Waals surface area contributed by atoms with Gasteiger partial charge >= 0.3 is 0 Å². The molecule has 1 N–H and O–H groups in total. The normalized spacial score (nSPS) is 11.9. The molecule has 74 valence electrons. The lowest BCUT2D eigenvalue weighted by Crippen LogP contribution is -2.15. The summed E-state index contributed by atoms with van der Waals surface area (Å²) in [5.41, 5.74) is 0.650. The molecule has 14 heavy (non-hydrogen) atoms. The van der Waals surface area contributed by atoms with E-state index in [2.05, 4.69) is 11.2 Å². The zero-order valence-electron chi connectivity index (χ0n) is 7.85. The maximum absolute atomic E-state index is 13.0. The van der Waals surface area contributed by atoms with E-state index in [0.717, 1.165) is 6.42 Å². The van der Waals surface area contributed by atoms with E-state index in [1.165, 1.54) is 12.1 Å². The molecule has 0 aromatic heterocycles. The summed E-state index contributed by atoms with van der Waals surface area (Å²) in [5.74, 6) is 2.13. The Morgan fingerprint density at radius 3 is 2.86 bits per heavy atom. The summed E-state index contributed by atoms with van der Waals surface area (Å²) < 4.78 is 13.0. The van der Waals surface area contributed by atoms with Crippen LogP contribution in [0.4, 0.5) is 10.1 Å². The van der Waals surface area contributed by atoms with Gasteiger partial charge in [-0.25, -0.2) is 4.39 Å². The molecule has 0 heterocycles. The van der Waals surface area contributed by atoms with Crippen LogP contribution in [-0.2, 0) is 0 Å². The highest BCUT2D eigenvalue weighted by molar-refractivity contribution is 6.30. The van der Waals surface area contributed by atoms with E-state index in [1.54, 1.807) is 6.07 Å². The molecule has 1 nitrogen and oxygen atoms in total. The van der Waals surface area contributed by atoms with Gasteiger partial charge in [0.15, 0.2) is 0 Å². The Bertz CT molecular complexity index is 357. The lowest BCUT2D eigenvalue weighted by Gasteiger charge is -2.12. The van der Waals surface area contributed by atoms with Gasteiger partial charge < -0.3 is 5.32 Å². The van der Waals surface area contributed by atoms with Crippen molar-refractivity contribution in [1.82, 2.24) is 0 Å². The van der Waals surface area contributed by atoms with Gasteiger partial charge in [0.05, 0.1) is 11.1 Å². The first-order valence-corrected chi connectivity index (χ1v) is 4.73. The van der Waals surface area contributed by atoms with Gasteiger partial charge in [-0.15, -0.1) is 6.42 Å². The maximum atomic E-state index is 13.0. The van der Waals surface area contributed by atoms with E-state index in [9.17, 15) is 4.39 Å². The minimum atomic E-state index is -0.441. The number of anilines is 1. The van der Waals surface area contributed by atoms with Gasteiger partial charge in [-0.2, -0.15) is 0 Å². The van der Waals surface area contributed by atoms with Crippen molar-refractivity contribution in [1.29, 1.82) is 0 Å². The van der Waals surface area contributed by atoms with Crippen LogP contribution in [0.25, 0.3) is 0 Å². The fourth-order valence-corrected chi connectivity index (χ4v) is 1.17. The van der Waals surface area contributed by atoms with Crippen molar-refractivity contribution < 1.29 is 4.39 Å². The Hall–Kier alpha value is -1.20. The summed E-state index contributed by atoms with van der Waals surface area (Å²) in [5, 5.41) is 3.13. The predicted molar refractivity (Wildman–Crippen MR) is 57.9 cm³/mol. The lowest BCUT2D eigenvalue weighted by atomic mass is 10.2. The molecule has 0 aliphatic heterocycles. The number of rotatable bonds is 3. The van der Waals surface area contributed by atoms with Crippen molar-refractivity contribution >= 4 is 17.3 Å². The summed E-state index contributed by atoms with van der Waals surface area (Å²) in [6.07, 6.45) is 6.06. The van der Waals surface area contributed by atoms with Crippen molar-refractivity contribution in [2.45, 2.75) is 19.4 Å². The van der Waals surface area contributed by atoms with Crippen molar-refractivity contribution in [3.05, 3.63) is 29.0 Å². The molecular weight excluding hydrogens is 201 g/mol. The van der Waals surface area contributed by atoms with Gasteiger partial charge in [0.25, 0.3) is 0 Å². The first kappa shape index (κ1) is 10.9. The highest BCUT2D eigenvalue weighted by Gasteiger charge is 2.04. The number of hydrogen-bond donors (Lipinski definition) is 1. The van der Waals surface area contributed by atoms with Gasteiger partial charge in [0.2, 0.25) is 0 Å².